The first-order valence-electron chi connectivity index (χ1n) is 23.6. The molecule has 0 radical (unpaired) electrons. The minimum Gasteiger partial charge on any atom is -0.459 e. The van der Waals surface area contributed by atoms with Crippen molar-refractivity contribution in [2.45, 2.75) is 225 Å². The molecule has 4 N–H and O–H groups in total. The summed E-state index contributed by atoms with van der Waals surface area (Å²) in [7, 11) is 5.28. The van der Waals surface area contributed by atoms with Gasteiger partial charge in [-0.1, -0.05) is 65.0 Å². The molecule has 0 bridgehead atoms. The molecule has 0 aromatic carbocycles. The number of likely N-dealkylation sites (N-methyl/N-ethyl adjacent to an activating group) is 1. The van der Waals surface area contributed by atoms with E-state index in [-0.39, 0.29) is 31.4 Å². The van der Waals surface area contributed by atoms with Crippen molar-refractivity contribution in [1.82, 2.24) is 4.90 Å². The van der Waals surface area contributed by atoms with Crippen LogP contribution in [-0.2, 0) is 47.6 Å². The summed E-state index contributed by atoms with van der Waals surface area (Å²) in [6, 6.07) is -0.304. The van der Waals surface area contributed by atoms with Gasteiger partial charge in [-0.2, -0.15) is 0 Å². The van der Waals surface area contributed by atoms with Gasteiger partial charge in [-0.3, -0.25) is 9.59 Å². The van der Waals surface area contributed by atoms with Gasteiger partial charge in [-0.15, -0.1) is 0 Å². The van der Waals surface area contributed by atoms with Crippen molar-refractivity contribution in [2.24, 2.45) is 34.7 Å². The zero-order chi connectivity index (χ0) is 47.2. The first kappa shape index (κ1) is 53.6. The van der Waals surface area contributed by atoms with Crippen molar-refractivity contribution >= 4 is 17.7 Å². The lowest BCUT2D eigenvalue weighted by Gasteiger charge is -2.49. The predicted octanol–water partition coefficient (Wildman–Crippen LogP) is 5.13. The van der Waals surface area contributed by atoms with Crippen LogP contribution in [0.15, 0.2) is 5.16 Å². The zero-order valence-electron chi connectivity index (χ0n) is 40.8. The molecular weight excluding hydrogens is 817 g/mol. The predicted molar refractivity (Wildman–Crippen MR) is 235 cm³/mol. The molecule has 1 aliphatic carbocycles. The van der Waals surface area contributed by atoms with E-state index in [0.717, 1.165) is 19.3 Å². The second kappa shape index (κ2) is 22.7. The lowest BCUT2D eigenvalue weighted by Crippen LogP contribution is -2.61. The highest BCUT2D eigenvalue weighted by Crippen LogP contribution is 2.41. The SMILES string of the molecule is CC[C@@H]1OC(=O)[C@H](C)[C@@H](O[C@H]2C[C@@](C)(OC)[C@@H](O)[C@H](C)O2)[C@H](C)[C@@H](O[C@@H]2O[C@H](C)C[C@H](N(C)C)[C@H]2OC(C)=O)[C@@](C)(O)C[C@@H](C)/C(=N/OCCC2CCCCC2)[C@@H](C)[C@@H](O)[C@]1(C)O. The average Bonchev–Trinajstić information content (AvgIpc) is 3.21. The Morgan fingerprint density at radius 1 is 0.905 bits per heavy atom. The maximum atomic E-state index is 14.5. The van der Waals surface area contributed by atoms with Crippen LogP contribution >= 0.6 is 0 Å². The topological polar surface area (TPSA) is 204 Å². The number of carbonyl (C=O) groups is 2. The number of rotatable bonds is 12. The summed E-state index contributed by atoms with van der Waals surface area (Å²) in [5.41, 5.74) is -4.35. The Balaban J connectivity index is 1.87. The quantitative estimate of drug-likeness (QED) is 0.114. The highest BCUT2D eigenvalue weighted by molar-refractivity contribution is 5.88. The molecule has 0 spiro atoms. The van der Waals surface area contributed by atoms with Crippen molar-refractivity contribution in [3.8, 4) is 0 Å². The number of nitrogens with zero attached hydrogens (tertiary/aromatic N) is 2. The summed E-state index contributed by atoms with van der Waals surface area (Å²) >= 11 is 0. The van der Waals surface area contributed by atoms with Crippen LogP contribution in [0.3, 0.4) is 0 Å². The van der Waals surface area contributed by atoms with E-state index in [9.17, 15) is 30.0 Å². The van der Waals surface area contributed by atoms with Gasteiger partial charge >= 0.3 is 11.9 Å². The monoisotopic (exact) mass is 901 g/mol. The number of oxime groups is 1. The van der Waals surface area contributed by atoms with Crippen LogP contribution < -0.4 is 0 Å². The number of carbonyl (C=O) groups excluding carboxylic acids is 2. The molecule has 16 heteroatoms. The van der Waals surface area contributed by atoms with E-state index < -0.39 is 108 Å². The molecule has 1 saturated carbocycles. The van der Waals surface area contributed by atoms with Crippen molar-refractivity contribution in [2.75, 3.05) is 27.8 Å². The smallest absolute Gasteiger partial charge is 0.311 e. The maximum absolute atomic E-state index is 14.5. The molecule has 366 valence electrons. The van der Waals surface area contributed by atoms with Gasteiger partial charge in [-0.25, -0.2) is 0 Å². The van der Waals surface area contributed by atoms with E-state index in [2.05, 4.69) is 5.16 Å². The van der Waals surface area contributed by atoms with Crippen LogP contribution in [-0.4, -0.2) is 155 Å². The van der Waals surface area contributed by atoms with Crippen molar-refractivity contribution < 1.29 is 68.0 Å². The van der Waals surface area contributed by atoms with Crippen molar-refractivity contribution in [3.63, 3.8) is 0 Å². The fourth-order valence-corrected chi connectivity index (χ4v) is 10.7. The number of aliphatic hydroxyl groups is 4. The van der Waals surface area contributed by atoms with Crippen LogP contribution in [0.5, 0.6) is 0 Å². The second-order valence-electron chi connectivity index (χ2n) is 20.3. The Morgan fingerprint density at radius 3 is 2.14 bits per heavy atom. The Morgan fingerprint density at radius 2 is 1.56 bits per heavy atom. The van der Waals surface area contributed by atoms with E-state index in [1.807, 2.05) is 32.8 Å². The van der Waals surface area contributed by atoms with Gasteiger partial charge in [0.05, 0.1) is 59.4 Å². The van der Waals surface area contributed by atoms with Crippen LogP contribution in [0.4, 0.5) is 0 Å². The standard InChI is InChI=1S/C47H84N2O14/c1-15-35-47(11,55)40(51)28(4)37(48-57-22-21-33-19-17-16-18-20-33)26(2)24-45(9,54)42(63-44-39(60-32(8)50)34(49(12)13)23-27(3)58-44)29(5)38(30(6)43(53)61-35)62-36-25-46(10,56-14)41(52)31(7)59-36/h26-31,33-36,38-42,44,51-52,54-55H,15-25H2,1-14H3/b48-37-/t26-,27-,28-,29+,30-,31+,34+,35+,36+,38+,39-,40-,41+,42-,44+,45+,46-,47-/m1/s1. The summed E-state index contributed by atoms with van der Waals surface area (Å²) in [4.78, 5) is 35.1. The second-order valence-corrected chi connectivity index (χ2v) is 20.3. The number of ether oxygens (including phenoxy) is 7. The van der Waals surface area contributed by atoms with E-state index in [4.69, 9.17) is 38.0 Å². The van der Waals surface area contributed by atoms with E-state index >= 15 is 0 Å². The van der Waals surface area contributed by atoms with E-state index in [0.29, 0.717) is 24.7 Å². The molecule has 4 rings (SSSR count). The third-order valence-electron chi connectivity index (χ3n) is 14.6. The fraction of sp³-hybridized carbons (Fsp3) is 0.936. The van der Waals surface area contributed by atoms with Gasteiger partial charge in [0.25, 0.3) is 0 Å². The lowest BCUT2D eigenvalue weighted by atomic mass is 9.73. The minimum atomic E-state index is -1.94. The summed E-state index contributed by atoms with van der Waals surface area (Å²) in [6.45, 7) is 19.0. The molecule has 4 aliphatic rings. The molecule has 16 nitrogen and oxygen atoms in total. The molecule has 0 amide bonds. The third-order valence-corrected chi connectivity index (χ3v) is 14.6. The highest BCUT2D eigenvalue weighted by atomic mass is 16.7. The van der Waals surface area contributed by atoms with Crippen LogP contribution in [0.2, 0.25) is 0 Å². The van der Waals surface area contributed by atoms with Crippen LogP contribution in [0.1, 0.15) is 140 Å². The van der Waals surface area contributed by atoms with Gasteiger partial charge < -0.3 is 63.3 Å². The van der Waals surface area contributed by atoms with Gasteiger partial charge in [0, 0.05) is 38.2 Å². The summed E-state index contributed by atoms with van der Waals surface area (Å²) in [5, 5.41) is 52.9. The number of aliphatic hydroxyl groups excluding tert-OH is 2. The van der Waals surface area contributed by atoms with Crippen molar-refractivity contribution in [1.29, 1.82) is 0 Å². The van der Waals surface area contributed by atoms with Gasteiger partial charge in [-0.05, 0) is 87.2 Å². The Labute approximate surface area is 377 Å². The van der Waals surface area contributed by atoms with Gasteiger partial charge in [0.2, 0.25) is 0 Å². The summed E-state index contributed by atoms with van der Waals surface area (Å²) in [6.07, 6.45) is -2.37. The molecule has 18 atom stereocenters. The molecule has 0 aromatic heterocycles. The number of esters is 2. The zero-order valence-corrected chi connectivity index (χ0v) is 40.8. The van der Waals surface area contributed by atoms with E-state index in [1.54, 1.807) is 48.5 Å². The number of cyclic esters (lactones) is 1. The van der Waals surface area contributed by atoms with Crippen LogP contribution in [0, 0.1) is 29.6 Å². The first-order chi connectivity index (χ1) is 29.4. The molecule has 3 aliphatic heterocycles. The minimum absolute atomic E-state index is 0.0112. The molecule has 0 unspecified atom stereocenters. The average molecular weight is 901 g/mol. The molecule has 4 fully saturated rings. The highest BCUT2D eigenvalue weighted by Gasteiger charge is 2.54. The van der Waals surface area contributed by atoms with Gasteiger partial charge in [0.15, 0.2) is 18.7 Å². The molecule has 3 saturated heterocycles. The summed E-state index contributed by atoms with van der Waals surface area (Å²) < 4.78 is 44.3. The molecular formula is C47H84N2O14. The fourth-order valence-electron chi connectivity index (χ4n) is 10.7. The largest absolute Gasteiger partial charge is 0.459 e. The Bertz CT molecular complexity index is 1490. The number of hydrogen-bond acceptors (Lipinski definition) is 16. The normalized spacial score (nSPS) is 44.8. The lowest BCUT2D eigenvalue weighted by molar-refractivity contribution is -0.318. The van der Waals surface area contributed by atoms with E-state index in [1.165, 1.54) is 40.2 Å². The number of methoxy groups -OCH3 is 1. The van der Waals surface area contributed by atoms with Crippen LogP contribution in [0.25, 0.3) is 0 Å². The molecule has 0 aromatic rings. The third kappa shape index (κ3) is 13.1. The van der Waals surface area contributed by atoms with Crippen molar-refractivity contribution in [3.05, 3.63) is 0 Å². The Kier molecular flexibility index (Phi) is 19.3. The first-order valence-corrected chi connectivity index (χ1v) is 23.6. The van der Waals surface area contributed by atoms with Gasteiger partial charge in [0.1, 0.15) is 24.4 Å². The molecule has 63 heavy (non-hydrogen) atoms. The molecule has 3 heterocycles. The number of hydrogen-bond donors (Lipinski definition) is 4. The maximum Gasteiger partial charge on any atom is 0.311 e. The Hall–Kier alpha value is -1.99. The summed E-state index contributed by atoms with van der Waals surface area (Å²) in [5.74, 6) is -3.99.